The number of nitrogens with zero attached hydrogens (tertiary/aromatic N) is 2. The molecule has 0 radical (unpaired) electrons. The number of halogens is 1. The van der Waals surface area contributed by atoms with Crippen LogP contribution in [0.1, 0.15) is 32.0 Å². The fourth-order valence-corrected chi connectivity index (χ4v) is 2.18. The normalized spacial score (nSPS) is 11.8. The van der Waals surface area contributed by atoms with Crippen molar-refractivity contribution >= 4 is 28.4 Å². The van der Waals surface area contributed by atoms with Crippen molar-refractivity contribution in [3.05, 3.63) is 39.1 Å². The largest absolute Gasteiger partial charge is 0.384 e. The first-order chi connectivity index (χ1) is 8.29. The number of hydrogen-bond donors (Lipinski definition) is 1. The van der Waals surface area contributed by atoms with E-state index in [1.54, 1.807) is 0 Å². The lowest BCUT2D eigenvalue weighted by atomic mass is 9.92. The molecule has 0 amide bonds. The van der Waals surface area contributed by atoms with Gasteiger partial charge in [-0.25, -0.2) is 4.68 Å². The van der Waals surface area contributed by atoms with Gasteiger partial charge in [0, 0.05) is 15.1 Å². The van der Waals surface area contributed by atoms with Crippen molar-refractivity contribution in [2.45, 2.75) is 33.1 Å². The monoisotopic (exact) mass is 355 g/mol. The number of rotatable bonds is 1. The van der Waals surface area contributed by atoms with Crippen LogP contribution in [0.2, 0.25) is 0 Å². The summed E-state index contributed by atoms with van der Waals surface area (Å²) in [5.74, 6) is 0.680. The van der Waals surface area contributed by atoms with Gasteiger partial charge in [-0.2, -0.15) is 5.10 Å². The van der Waals surface area contributed by atoms with Crippen LogP contribution in [-0.2, 0) is 5.41 Å². The van der Waals surface area contributed by atoms with Crippen LogP contribution in [0.5, 0.6) is 0 Å². The van der Waals surface area contributed by atoms with Crippen LogP contribution in [0.15, 0.2) is 24.3 Å². The molecule has 0 aliphatic heterocycles. The van der Waals surface area contributed by atoms with Gasteiger partial charge in [0.25, 0.3) is 0 Å². The Morgan fingerprint density at radius 1 is 1.22 bits per heavy atom. The van der Waals surface area contributed by atoms with Crippen LogP contribution in [-0.4, -0.2) is 9.78 Å². The summed E-state index contributed by atoms with van der Waals surface area (Å²) in [6.45, 7) is 8.51. The summed E-state index contributed by atoms with van der Waals surface area (Å²) in [5.41, 5.74) is 9.35. The summed E-state index contributed by atoms with van der Waals surface area (Å²) in [6, 6.07) is 8.20. The van der Waals surface area contributed by atoms with E-state index in [2.05, 4.69) is 67.5 Å². The topological polar surface area (TPSA) is 43.8 Å². The van der Waals surface area contributed by atoms with Crippen molar-refractivity contribution in [2.24, 2.45) is 0 Å². The third-order valence-electron chi connectivity index (χ3n) is 2.91. The average molecular weight is 355 g/mol. The van der Waals surface area contributed by atoms with Crippen LogP contribution < -0.4 is 5.73 Å². The van der Waals surface area contributed by atoms with E-state index < -0.39 is 0 Å². The van der Waals surface area contributed by atoms with Crippen molar-refractivity contribution in [3.8, 4) is 5.69 Å². The summed E-state index contributed by atoms with van der Waals surface area (Å²) in [6.07, 6.45) is 0. The van der Waals surface area contributed by atoms with E-state index in [1.165, 1.54) is 9.13 Å². The SMILES string of the molecule is Cc1ccc(-n2nc(C(C)(C)C)cc2N)cc1I. The highest BCUT2D eigenvalue weighted by Gasteiger charge is 2.19. The molecule has 4 heteroatoms. The minimum absolute atomic E-state index is 0.0111. The van der Waals surface area contributed by atoms with E-state index in [9.17, 15) is 0 Å². The zero-order chi connectivity index (χ0) is 13.5. The molecule has 0 atom stereocenters. The standard InChI is InChI=1S/C14H18IN3/c1-9-5-6-10(7-11(9)15)18-13(16)8-12(17-18)14(2,3)4/h5-8H,16H2,1-4H3. The lowest BCUT2D eigenvalue weighted by molar-refractivity contribution is 0.560. The Kier molecular flexibility index (Phi) is 3.40. The van der Waals surface area contributed by atoms with Crippen LogP contribution in [0.4, 0.5) is 5.82 Å². The highest BCUT2D eigenvalue weighted by atomic mass is 127. The van der Waals surface area contributed by atoms with Crippen LogP contribution in [0.25, 0.3) is 5.69 Å². The van der Waals surface area contributed by atoms with Gasteiger partial charge in [0.15, 0.2) is 0 Å². The van der Waals surface area contributed by atoms with E-state index in [0.717, 1.165) is 11.4 Å². The third kappa shape index (κ3) is 2.53. The zero-order valence-corrected chi connectivity index (χ0v) is 13.3. The molecule has 0 saturated carbocycles. The van der Waals surface area contributed by atoms with Crippen LogP contribution in [0, 0.1) is 10.5 Å². The maximum atomic E-state index is 6.06. The Morgan fingerprint density at radius 3 is 2.39 bits per heavy atom. The zero-order valence-electron chi connectivity index (χ0n) is 11.2. The van der Waals surface area contributed by atoms with E-state index in [-0.39, 0.29) is 5.41 Å². The summed E-state index contributed by atoms with van der Waals surface area (Å²) in [5, 5.41) is 4.61. The van der Waals surface area contributed by atoms with E-state index >= 15 is 0 Å². The van der Waals surface area contributed by atoms with Gasteiger partial charge in [-0.05, 0) is 47.2 Å². The van der Waals surface area contributed by atoms with Crippen molar-refractivity contribution < 1.29 is 0 Å². The van der Waals surface area contributed by atoms with Gasteiger partial charge in [0.2, 0.25) is 0 Å². The van der Waals surface area contributed by atoms with Gasteiger partial charge < -0.3 is 5.73 Å². The van der Waals surface area contributed by atoms with Gasteiger partial charge in [-0.1, -0.05) is 26.8 Å². The van der Waals surface area contributed by atoms with Crippen molar-refractivity contribution in [3.63, 3.8) is 0 Å². The van der Waals surface area contributed by atoms with Crippen molar-refractivity contribution in [2.75, 3.05) is 5.73 Å². The first-order valence-electron chi connectivity index (χ1n) is 5.91. The fraction of sp³-hybridized carbons (Fsp3) is 0.357. The number of nitrogens with two attached hydrogens (primary N) is 1. The van der Waals surface area contributed by atoms with Crippen LogP contribution >= 0.6 is 22.6 Å². The van der Waals surface area contributed by atoms with Crippen molar-refractivity contribution in [1.82, 2.24) is 9.78 Å². The molecule has 2 N–H and O–H groups in total. The number of hydrogen-bond acceptors (Lipinski definition) is 2. The number of aromatic nitrogens is 2. The lowest BCUT2D eigenvalue weighted by Crippen LogP contribution is -2.12. The molecule has 1 heterocycles. The molecule has 0 aliphatic carbocycles. The molecule has 2 rings (SSSR count). The quantitative estimate of drug-likeness (QED) is 0.794. The number of anilines is 1. The minimum Gasteiger partial charge on any atom is -0.384 e. The van der Waals surface area contributed by atoms with E-state index in [1.807, 2.05) is 16.8 Å². The Hall–Kier alpha value is -1.04. The lowest BCUT2D eigenvalue weighted by Gasteiger charge is -2.14. The molecule has 0 unspecified atom stereocenters. The second-order valence-corrected chi connectivity index (χ2v) is 6.71. The molecule has 3 nitrogen and oxygen atoms in total. The molecule has 0 aliphatic rings. The first-order valence-corrected chi connectivity index (χ1v) is 6.99. The average Bonchev–Trinajstić information content (AvgIpc) is 2.64. The first kappa shape index (κ1) is 13.4. The Bertz CT molecular complexity index is 579. The molecule has 1 aromatic carbocycles. The van der Waals surface area contributed by atoms with Gasteiger partial charge >= 0.3 is 0 Å². The second kappa shape index (κ2) is 4.57. The van der Waals surface area contributed by atoms with Gasteiger partial charge in [-0.3, -0.25) is 0 Å². The smallest absolute Gasteiger partial charge is 0.127 e. The molecule has 1 aromatic heterocycles. The predicted molar refractivity (Wildman–Crippen MR) is 84.1 cm³/mol. The maximum absolute atomic E-state index is 6.06. The second-order valence-electron chi connectivity index (χ2n) is 5.55. The summed E-state index contributed by atoms with van der Waals surface area (Å²) in [4.78, 5) is 0. The molecule has 0 spiro atoms. The molecular formula is C14H18IN3. The fourth-order valence-electron chi connectivity index (χ4n) is 1.68. The molecule has 0 saturated heterocycles. The Balaban J connectivity index is 2.51. The maximum Gasteiger partial charge on any atom is 0.127 e. The molecular weight excluding hydrogens is 337 g/mol. The summed E-state index contributed by atoms with van der Waals surface area (Å²) < 4.78 is 3.03. The Labute approximate surface area is 122 Å². The third-order valence-corrected chi connectivity index (χ3v) is 4.07. The molecule has 0 fully saturated rings. The molecule has 2 aromatic rings. The molecule has 18 heavy (non-hydrogen) atoms. The molecule has 0 bridgehead atoms. The van der Waals surface area contributed by atoms with Gasteiger partial charge in [0.05, 0.1) is 11.4 Å². The number of nitrogen functional groups attached to an aromatic ring is 1. The van der Waals surface area contributed by atoms with Crippen molar-refractivity contribution in [1.29, 1.82) is 0 Å². The van der Waals surface area contributed by atoms with Crippen LogP contribution in [0.3, 0.4) is 0 Å². The summed E-state index contributed by atoms with van der Waals surface area (Å²) in [7, 11) is 0. The minimum atomic E-state index is 0.0111. The highest BCUT2D eigenvalue weighted by molar-refractivity contribution is 14.1. The number of benzene rings is 1. The van der Waals surface area contributed by atoms with E-state index in [0.29, 0.717) is 5.82 Å². The molecule has 96 valence electrons. The highest BCUT2D eigenvalue weighted by Crippen LogP contribution is 2.25. The van der Waals surface area contributed by atoms with E-state index in [4.69, 9.17) is 5.73 Å². The van der Waals surface area contributed by atoms with Gasteiger partial charge in [-0.15, -0.1) is 0 Å². The summed E-state index contributed by atoms with van der Waals surface area (Å²) >= 11 is 2.33. The Morgan fingerprint density at radius 2 is 1.89 bits per heavy atom. The predicted octanol–water partition coefficient (Wildman–Crippen LogP) is 3.67. The van der Waals surface area contributed by atoms with Gasteiger partial charge in [0.1, 0.15) is 5.82 Å². The number of aryl methyl sites for hydroxylation is 1.